The van der Waals surface area contributed by atoms with Crippen LogP contribution in [-0.4, -0.2) is 30.4 Å². The predicted octanol–water partition coefficient (Wildman–Crippen LogP) is 1.99. The predicted molar refractivity (Wildman–Crippen MR) is 92.0 cm³/mol. The van der Waals surface area contributed by atoms with Gasteiger partial charge in [-0.2, -0.15) is 0 Å². The van der Waals surface area contributed by atoms with Gasteiger partial charge in [-0.05, 0) is 37.1 Å². The number of carbonyl (C=O) groups is 1. The summed E-state index contributed by atoms with van der Waals surface area (Å²) in [5, 5.41) is 2.60. The van der Waals surface area contributed by atoms with Crippen LogP contribution >= 0.6 is 0 Å². The summed E-state index contributed by atoms with van der Waals surface area (Å²) < 4.78 is 28.9. The zero-order valence-electron chi connectivity index (χ0n) is 13.6. The lowest BCUT2D eigenvalue weighted by Gasteiger charge is -2.08. The molecule has 0 atom stereocenters. The number of hydrogen-bond donors (Lipinski definition) is 2. The van der Waals surface area contributed by atoms with Gasteiger partial charge < -0.3 is 9.88 Å². The third kappa shape index (κ3) is 5.78. The molecule has 0 aliphatic heterocycles. The van der Waals surface area contributed by atoms with Gasteiger partial charge in [-0.15, -0.1) is 0 Å². The molecule has 7 nitrogen and oxygen atoms in total. The first-order valence-electron chi connectivity index (χ1n) is 7.80. The first-order valence-corrected chi connectivity index (χ1v) is 9.29. The fourth-order valence-corrected chi connectivity index (χ4v) is 3.30. The van der Waals surface area contributed by atoms with Crippen molar-refractivity contribution in [2.45, 2.75) is 37.6 Å². The number of hydrogen-bond acceptors (Lipinski definition) is 4. The van der Waals surface area contributed by atoms with Gasteiger partial charge in [0.1, 0.15) is 0 Å². The molecular weight excluding hydrogens is 328 g/mol. The van der Waals surface area contributed by atoms with Gasteiger partial charge in [-0.25, -0.2) is 18.1 Å². The smallest absolute Gasteiger partial charge is 0.240 e. The number of nitrogens with one attached hydrogen (secondary N) is 2. The topological polar surface area (TPSA) is 93.1 Å². The molecule has 0 spiro atoms. The van der Waals surface area contributed by atoms with E-state index in [-0.39, 0.29) is 10.8 Å². The molecule has 0 radical (unpaired) electrons. The van der Waals surface area contributed by atoms with Crippen molar-refractivity contribution in [3.05, 3.63) is 43.0 Å². The van der Waals surface area contributed by atoms with E-state index in [2.05, 4.69) is 15.0 Å². The molecule has 0 fully saturated rings. The van der Waals surface area contributed by atoms with Crippen molar-refractivity contribution in [2.24, 2.45) is 0 Å². The van der Waals surface area contributed by atoms with E-state index in [4.69, 9.17) is 0 Å². The van der Waals surface area contributed by atoms with Crippen molar-refractivity contribution < 1.29 is 13.2 Å². The maximum absolute atomic E-state index is 12.2. The van der Waals surface area contributed by atoms with E-state index in [1.165, 1.54) is 19.1 Å². The van der Waals surface area contributed by atoms with Crippen LogP contribution < -0.4 is 10.0 Å². The van der Waals surface area contributed by atoms with E-state index in [0.717, 1.165) is 25.8 Å². The van der Waals surface area contributed by atoms with Crippen LogP contribution in [0.5, 0.6) is 0 Å². The Hall–Kier alpha value is -2.19. The van der Waals surface area contributed by atoms with Crippen LogP contribution in [0.1, 0.15) is 26.2 Å². The standard InChI is InChI=1S/C16H22N4O3S/c1-14(21)19-15-5-7-16(8-6-15)24(22,23)18-9-3-2-4-11-20-12-10-17-13-20/h5-8,10,12-13,18H,2-4,9,11H2,1H3,(H,19,21). The number of rotatable bonds is 9. The fraction of sp³-hybridized carbons (Fsp3) is 0.375. The Balaban J connectivity index is 1.73. The second-order valence-corrected chi connectivity index (χ2v) is 7.23. The molecule has 2 rings (SSSR count). The number of sulfonamides is 1. The zero-order chi connectivity index (χ0) is 17.4. The van der Waals surface area contributed by atoms with Crippen molar-refractivity contribution in [3.8, 4) is 0 Å². The van der Waals surface area contributed by atoms with Crippen LogP contribution in [0.2, 0.25) is 0 Å². The molecule has 24 heavy (non-hydrogen) atoms. The van der Waals surface area contributed by atoms with Gasteiger partial charge >= 0.3 is 0 Å². The van der Waals surface area contributed by atoms with E-state index in [9.17, 15) is 13.2 Å². The number of carbonyl (C=O) groups excluding carboxylic acids is 1. The lowest BCUT2D eigenvalue weighted by molar-refractivity contribution is -0.114. The summed E-state index contributed by atoms with van der Waals surface area (Å²) in [7, 11) is -3.51. The molecule has 0 unspecified atom stereocenters. The summed E-state index contributed by atoms with van der Waals surface area (Å²) in [6, 6.07) is 6.10. The van der Waals surface area contributed by atoms with Crippen LogP contribution in [0.15, 0.2) is 47.9 Å². The molecule has 1 heterocycles. The van der Waals surface area contributed by atoms with Crippen LogP contribution in [0.3, 0.4) is 0 Å². The summed E-state index contributed by atoms with van der Waals surface area (Å²) >= 11 is 0. The number of aryl methyl sites for hydroxylation is 1. The molecule has 1 aromatic carbocycles. The van der Waals surface area contributed by atoms with Gasteiger partial charge in [0.05, 0.1) is 11.2 Å². The molecule has 130 valence electrons. The van der Waals surface area contributed by atoms with Crippen LogP contribution in [0.25, 0.3) is 0 Å². The number of unbranched alkanes of at least 4 members (excludes halogenated alkanes) is 2. The molecular formula is C16H22N4O3S. The summed E-state index contributed by atoms with van der Waals surface area (Å²) in [4.78, 5) is 15.1. The monoisotopic (exact) mass is 350 g/mol. The SMILES string of the molecule is CC(=O)Nc1ccc(S(=O)(=O)NCCCCCn2ccnc2)cc1. The first kappa shape index (κ1) is 18.2. The maximum Gasteiger partial charge on any atom is 0.240 e. The fourth-order valence-electron chi connectivity index (χ4n) is 2.23. The number of imidazole rings is 1. The van der Waals surface area contributed by atoms with Crippen molar-refractivity contribution in [1.82, 2.24) is 14.3 Å². The maximum atomic E-state index is 12.2. The lowest BCUT2D eigenvalue weighted by atomic mass is 10.2. The minimum Gasteiger partial charge on any atom is -0.337 e. The van der Waals surface area contributed by atoms with Gasteiger partial charge in [0.2, 0.25) is 15.9 Å². The summed E-state index contributed by atoms with van der Waals surface area (Å²) in [5.74, 6) is -0.195. The Bertz CT molecular complexity index is 740. The highest BCUT2D eigenvalue weighted by Gasteiger charge is 2.12. The number of benzene rings is 1. The molecule has 2 aromatic rings. The molecule has 2 N–H and O–H groups in total. The third-order valence-corrected chi connectivity index (χ3v) is 4.91. The Kier molecular flexibility index (Phi) is 6.51. The highest BCUT2D eigenvalue weighted by Crippen LogP contribution is 2.14. The van der Waals surface area contributed by atoms with Crippen molar-refractivity contribution in [2.75, 3.05) is 11.9 Å². The summed E-state index contributed by atoms with van der Waals surface area (Å²) in [6.07, 6.45) is 8.11. The van der Waals surface area contributed by atoms with Gasteiger partial charge in [0, 0.05) is 38.1 Å². The summed E-state index contributed by atoms with van der Waals surface area (Å²) in [6.45, 7) is 2.69. The zero-order valence-corrected chi connectivity index (χ0v) is 14.4. The molecule has 1 aromatic heterocycles. The Morgan fingerprint density at radius 1 is 1.17 bits per heavy atom. The average Bonchev–Trinajstić information content (AvgIpc) is 3.04. The third-order valence-electron chi connectivity index (χ3n) is 3.43. The van der Waals surface area contributed by atoms with Gasteiger partial charge in [0.15, 0.2) is 0 Å². The van der Waals surface area contributed by atoms with Crippen LogP contribution in [0, 0.1) is 0 Å². The number of amides is 1. The normalized spacial score (nSPS) is 11.4. The highest BCUT2D eigenvalue weighted by molar-refractivity contribution is 7.89. The molecule has 0 saturated heterocycles. The minimum absolute atomic E-state index is 0.190. The van der Waals surface area contributed by atoms with Crippen LogP contribution in [-0.2, 0) is 21.4 Å². The Morgan fingerprint density at radius 2 is 1.92 bits per heavy atom. The van der Waals surface area contributed by atoms with Crippen molar-refractivity contribution in [1.29, 1.82) is 0 Å². The Labute approximate surface area is 142 Å². The number of aromatic nitrogens is 2. The largest absolute Gasteiger partial charge is 0.337 e. The molecule has 0 aliphatic rings. The van der Waals surface area contributed by atoms with Gasteiger partial charge in [-0.1, -0.05) is 6.42 Å². The van der Waals surface area contributed by atoms with E-state index < -0.39 is 10.0 Å². The molecule has 0 bridgehead atoms. The quantitative estimate of drug-likeness (QED) is 0.676. The summed E-state index contributed by atoms with van der Waals surface area (Å²) in [5.41, 5.74) is 0.570. The van der Waals surface area contributed by atoms with Crippen molar-refractivity contribution >= 4 is 21.6 Å². The molecule has 1 amide bonds. The van der Waals surface area contributed by atoms with E-state index in [1.807, 2.05) is 10.8 Å². The molecule has 0 aliphatic carbocycles. The number of nitrogens with zero attached hydrogens (tertiary/aromatic N) is 2. The molecule has 8 heteroatoms. The second-order valence-electron chi connectivity index (χ2n) is 5.46. The minimum atomic E-state index is -3.51. The highest BCUT2D eigenvalue weighted by atomic mass is 32.2. The molecule has 0 saturated carbocycles. The van der Waals surface area contributed by atoms with Gasteiger partial charge in [0.25, 0.3) is 0 Å². The van der Waals surface area contributed by atoms with E-state index in [1.54, 1.807) is 24.7 Å². The second kappa shape index (κ2) is 8.60. The number of anilines is 1. The van der Waals surface area contributed by atoms with Crippen LogP contribution in [0.4, 0.5) is 5.69 Å². The van der Waals surface area contributed by atoms with Gasteiger partial charge in [-0.3, -0.25) is 4.79 Å². The van der Waals surface area contributed by atoms with Crippen molar-refractivity contribution in [3.63, 3.8) is 0 Å². The van der Waals surface area contributed by atoms with E-state index in [0.29, 0.717) is 12.2 Å². The first-order chi connectivity index (χ1) is 11.5. The average molecular weight is 350 g/mol. The Morgan fingerprint density at radius 3 is 2.54 bits per heavy atom. The van der Waals surface area contributed by atoms with E-state index >= 15 is 0 Å². The lowest BCUT2D eigenvalue weighted by Crippen LogP contribution is -2.24.